The van der Waals surface area contributed by atoms with E-state index in [-0.39, 0.29) is 54.4 Å². The number of alkyl halides is 3. The molecular weight excluding hydrogens is 633 g/mol. The van der Waals surface area contributed by atoms with Crippen LogP contribution in [0.1, 0.15) is 54.3 Å². The van der Waals surface area contributed by atoms with E-state index in [1.54, 1.807) is 6.07 Å². The van der Waals surface area contributed by atoms with Crippen LogP contribution in [-0.4, -0.2) is 71.3 Å². The maximum Gasteiger partial charge on any atom is 0.573 e. The number of ether oxygens (including phenoxy) is 6. The van der Waals surface area contributed by atoms with Gasteiger partial charge in [-0.3, -0.25) is 0 Å². The summed E-state index contributed by atoms with van der Waals surface area (Å²) in [7, 11) is 0. The predicted octanol–water partition coefficient (Wildman–Crippen LogP) is 6.34. The Morgan fingerprint density at radius 3 is 2.54 bits per heavy atom. The van der Waals surface area contributed by atoms with E-state index in [1.165, 1.54) is 41.7 Å². The van der Waals surface area contributed by atoms with Crippen molar-refractivity contribution in [1.82, 2.24) is 10.1 Å². The van der Waals surface area contributed by atoms with Crippen LogP contribution in [0.25, 0.3) is 21.5 Å². The topological polar surface area (TPSA) is 132 Å². The first-order chi connectivity index (χ1) is 22.0. The summed E-state index contributed by atoms with van der Waals surface area (Å²) in [5.74, 6) is -0.398. The molecule has 1 saturated carbocycles. The number of thiazole rings is 1. The Balaban J connectivity index is 1.06. The highest BCUT2D eigenvalue weighted by Crippen LogP contribution is 2.46. The van der Waals surface area contributed by atoms with Crippen LogP contribution in [0.2, 0.25) is 0 Å². The summed E-state index contributed by atoms with van der Waals surface area (Å²) in [4.78, 5) is 16.2. The molecule has 4 aromatic rings. The van der Waals surface area contributed by atoms with Gasteiger partial charge in [-0.05, 0) is 51.0 Å². The molecule has 3 fully saturated rings. The summed E-state index contributed by atoms with van der Waals surface area (Å²) in [6.07, 6.45) is -5.23. The summed E-state index contributed by atoms with van der Waals surface area (Å²) < 4.78 is 80.2. The van der Waals surface area contributed by atoms with Crippen molar-refractivity contribution < 1.29 is 56.0 Å². The number of hydrogen-bond acceptors (Lipinski definition) is 11. The maximum atomic E-state index is 13.1. The molecule has 2 aromatic heterocycles. The molecule has 3 aliphatic rings. The zero-order valence-electron chi connectivity index (χ0n) is 24.6. The third-order valence-corrected chi connectivity index (χ3v) is 8.73. The Morgan fingerprint density at radius 2 is 1.83 bits per heavy atom. The van der Waals surface area contributed by atoms with E-state index in [1.807, 2.05) is 13.8 Å². The summed E-state index contributed by atoms with van der Waals surface area (Å²) >= 11 is 1.20. The third-order valence-electron chi connectivity index (χ3n) is 7.84. The van der Waals surface area contributed by atoms with Gasteiger partial charge in [0.05, 0.1) is 36.2 Å². The van der Waals surface area contributed by atoms with Gasteiger partial charge in [0.1, 0.15) is 46.8 Å². The van der Waals surface area contributed by atoms with Crippen LogP contribution in [-0.2, 0) is 20.8 Å². The Hall–Kier alpha value is -3.92. The number of rotatable bonds is 11. The largest absolute Gasteiger partial charge is 0.573 e. The smallest absolute Gasteiger partial charge is 0.489 e. The van der Waals surface area contributed by atoms with Crippen molar-refractivity contribution in [2.24, 2.45) is 0 Å². The monoisotopic (exact) mass is 662 g/mol. The first-order valence-electron chi connectivity index (χ1n) is 14.7. The van der Waals surface area contributed by atoms with Gasteiger partial charge in [0.15, 0.2) is 6.10 Å². The molecule has 7 rings (SSSR count). The van der Waals surface area contributed by atoms with Crippen molar-refractivity contribution in [3.63, 3.8) is 0 Å². The van der Waals surface area contributed by atoms with E-state index in [4.69, 9.17) is 28.2 Å². The normalized spacial score (nSPS) is 22.8. The molecule has 0 bridgehead atoms. The van der Waals surface area contributed by atoms with Gasteiger partial charge < -0.3 is 38.1 Å². The van der Waals surface area contributed by atoms with E-state index in [0.29, 0.717) is 32.5 Å². The number of hydrogen-bond donors (Lipinski definition) is 1. The summed E-state index contributed by atoms with van der Waals surface area (Å²) in [6.45, 7) is 4.10. The van der Waals surface area contributed by atoms with Crippen molar-refractivity contribution >= 4 is 27.5 Å². The van der Waals surface area contributed by atoms with E-state index >= 15 is 0 Å². The molecule has 4 heterocycles. The fraction of sp³-hybridized carbons (Fsp3) is 0.452. The number of aromatic carboxylic acids is 1. The van der Waals surface area contributed by atoms with Crippen molar-refractivity contribution in [2.75, 3.05) is 13.2 Å². The zero-order valence-corrected chi connectivity index (χ0v) is 25.4. The standard InChI is InChI=1S/C31H29F3N2O9S/c1-14(2)42-20-9-16(29(37)38)10-23-25(20)35-30(46-23)43-22-13-41-27-21(12-40-28(22)27)39-11-18-24(36-45-26(18)15-7-8-15)17-5-3-4-6-19(17)44-31(32,33)34/h3-6,9-10,14-15,21-22,27-28H,7-8,11-13H2,1-2H3,(H,37,38)/t21?,22?,27-,28-/m1/s1. The molecule has 0 radical (unpaired) electrons. The molecule has 2 unspecified atom stereocenters. The molecule has 2 aliphatic heterocycles. The van der Waals surface area contributed by atoms with Gasteiger partial charge in [0.2, 0.25) is 0 Å². The first-order valence-corrected chi connectivity index (χ1v) is 15.5. The van der Waals surface area contributed by atoms with Crippen LogP contribution in [0, 0.1) is 0 Å². The number of benzene rings is 2. The first kappa shape index (κ1) is 30.7. The van der Waals surface area contributed by atoms with Crippen molar-refractivity contribution in [1.29, 1.82) is 0 Å². The molecule has 0 amide bonds. The Kier molecular flexibility index (Phi) is 8.03. The number of aromatic nitrogens is 2. The molecule has 1 aliphatic carbocycles. The lowest BCUT2D eigenvalue weighted by Gasteiger charge is -2.18. The van der Waals surface area contributed by atoms with E-state index in [2.05, 4.69) is 14.9 Å². The van der Waals surface area contributed by atoms with Crippen molar-refractivity contribution in [3.8, 4) is 28.0 Å². The second-order valence-electron chi connectivity index (χ2n) is 11.6. The highest BCUT2D eigenvalue weighted by molar-refractivity contribution is 7.20. The van der Waals surface area contributed by atoms with Gasteiger partial charge in [0.25, 0.3) is 5.19 Å². The van der Waals surface area contributed by atoms with Crippen LogP contribution in [0.3, 0.4) is 0 Å². The summed E-state index contributed by atoms with van der Waals surface area (Å²) in [6, 6.07) is 8.76. The summed E-state index contributed by atoms with van der Waals surface area (Å²) in [5, 5.41) is 14.0. The van der Waals surface area contributed by atoms with E-state index in [0.717, 1.165) is 12.8 Å². The lowest BCUT2D eigenvalue weighted by molar-refractivity contribution is -0.274. The minimum Gasteiger partial charge on any atom is -0.489 e. The van der Waals surface area contributed by atoms with Gasteiger partial charge in [-0.2, -0.15) is 4.98 Å². The minimum atomic E-state index is -4.87. The lowest BCUT2D eigenvalue weighted by Crippen LogP contribution is -2.35. The molecule has 46 heavy (non-hydrogen) atoms. The minimum absolute atomic E-state index is 0.0135. The number of halogens is 3. The number of fused-ring (bicyclic) bond motifs is 2. The molecule has 11 nitrogen and oxygen atoms in total. The number of nitrogens with zero attached hydrogens (tertiary/aromatic N) is 2. The van der Waals surface area contributed by atoms with Crippen LogP contribution in [0.5, 0.6) is 16.7 Å². The van der Waals surface area contributed by atoms with Crippen LogP contribution in [0.4, 0.5) is 13.2 Å². The Labute approximate surface area is 264 Å². The third kappa shape index (κ3) is 6.24. The number of para-hydroxylation sites is 1. The second kappa shape index (κ2) is 12.0. The molecule has 2 saturated heterocycles. The molecule has 1 N–H and O–H groups in total. The van der Waals surface area contributed by atoms with E-state index in [9.17, 15) is 23.1 Å². The Bertz CT molecular complexity index is 1750. The fourth-order valence-corrected chi connectivity index (χ4v) is 6.63. The highest BCUT2D eigenvalue weighted by Gasteiger charge is 2.50. The maximum absolute atomic E-state index is 13.1. The Morgan fingerprint density at radius 1 is 1.09 bits per heavy atom. The van der Waals surface area contributed by atoms with Gasteiger partial charge in [0, 0.05) is 17.0 Å². The molecule has 2 aromatic carbocycles. The lowest BCUT2D eigenvalue weighted by atomic mass is 10.0. The molecule has 244 valence electrons. The van der Waals surface area contributed by atoms with Gasteiger partial charge in [-0.25, -0.2) is 4.79 Å². The number of carboxylic acid groups (broad SMARTS) is 1. The fourth-order valence-electron chi connectivity index (χ4n) is 5.70. The molecular formula is C31H29F3N2O9S. The predicted molar refractivity (Wildman–Crippen MR) is 155 cm³/mol. The van der Waals surface area contributed by atoms with Crippen LogP contribution in [0.15, 0.2) is 40.9 Å². The quantitative estimate of drug-likeness (QED) is 0.193. The van der Waals surface area contributed by atoms with Crippen LogP contribution >= 0.6 is 11.3 Å². The number of carbonyl (C=O) groups is 1. The van der Waals surface area contributed by atoms with Crippen molar-refractivity contribution in [2.45, 2.75) is 76.1 Å². The average Bonchev–Trinajstić information content (AvgIpc) is 3.29. The zero-order chi connectivity index (χ0) is 32.2. The van der Waals surface area contributed by atoms with Gasteiger partial charge in [-0.15, -0.1) is 13.2 Å². The SMILES string of the molecule is CC(C)Oc1cc(C(=O)O)cc2sc(OC3CO[C@@H]4C(OCc5c(-c6ccccc6OC(F)(F)F)noc5C5CC5)CO[C@H]34)nc12. The molecule has 15 heteroatoms. The van der Waals surface area contributed by atoms with Gasteiger partial charge in [-0.1, -0.05) is 28.6 Å². The average molecular weight is 663 g/mol. The van der Waals surface area contributed by atoms with Gasteiger partial charge >= 0.3 is 12.3 Å². The highest BCUT2D eigenvalue weighted by atomic mass is 32.1. The summed E-state index contributed by atoms with van der Waals surface area (Å²) in [5.41, 5.74) is 1.52. The van der Waals surface area contributed by atoms with E-state index < -0.39 is 36.7 Å². The second-order valence-corrected chi connectivity index (χ2v) is 12.6. The number of carboxylic acids is 1. The molecule has 0 spiro atoms. The van der Waals surface area contributed by atoms with Crippen molar-refractivity contribution in [3.05, 3.63) is 53.3 Å². The molecule has 4 atom stereocenters. The van der Waals surface area contributed by atoms with Crippen LogP contribution < -0.4 is 14.2 Å².